The van der Waals surface area contributed by atoms with E-state index in [2.05, 4.69) is 29.5 Å². The van der Waals surface area contributed by atoms with Gasteiger partial charge in [0.15, 0.2) is 5.96 Å². The molecular weight excluding hydrogens is 302 g/mol. The second-order valence-corrected chi connectivity index (χ2v) is 7.80. The van der Waals surface area contributed by atoms with E-state index in [1.54, 1.807) is 7.05 Å². The average molecular weight is 336 g/mol. The third kappa shape index (κ3) is 12.9. The molecule has 6 nitrogen and oxygen atoms in total. The molecule has 0 aromatic rings. The van der Waals surface area contributed by atoms with Gasteiger partial charge in [0.25, 0.3) is 0 Å². The molecule has 0 aliphatic heterocycles. The lowest BCUT2D eigenvalue weighted by Crippen LogP contribution is -2.41. The van der Waals surface area contributed by atoms with E-state index in [0.717, 1.165) is 12.5 Å². The van der Waals surface area contributed by atoms with Crippen molar-refractivity contribution in [1.29, 1.82) is 0 Å². The molecule has 0 saturated heterocycles. The van der Waals surface area contributed by atoms with Gasteiger partial charge >= 0.3 is 0 Å². The number of unbranched alkanes of at least 4 members (excludes halogenated alkanes) is 1. The van der Waals surface area contributed by atoms with Gasteiger partial charge in [-0.05, 0) is 12.3 Å². The number of nitrogens with zero attached hydrogens (tertiary/aromatic N) is 1. The van der Waals surface area contributed by atoms with E-state index in [-0.39, 0.29) is 12.4 Å². The van der Waals surface area contributed by atoms with Crippen molar-refractivity contribution in [3.63, 3.8) is 0 Å². The zero-order valence-electron chi connectivity index (χ0n) is 14.5. The molecule has 1 unspecified atom stereocenters. The Kier molecular flexibility index (Phi) is 12.2. The number of sulfone groups is 1. The van der Waals surface area contributed by atoms with Crippen LogP contribution in [0.15, 0.2) is 4.99 Å². The zero-order valence-corrected chi connectivity index (χ0v) is 15.3. The van der Waals surface area contributed by atoms with Crippen molar-refractivity contribution in [3.05, 3.63) is 0 Å². The number of aliphatic imine (C=N–C) groups is 1. The van der Waals surface area contributed by atoms with Crippen LogP contribution in [0.4, 0.5) is 0 Å². The van der Waals surface area contributed by atoms with Gasteiger partial charge in [-0.2, -0.15) is 0 Å². The Labute approximate surface area is 136 Å². The highest BCUT2D eigenvalue weighted by molar-refractivity contribution is 7.90. The quantitative estimate of drug-likeness (QED) is 0.320. The fourth-order valence-electron chi connectivity index (χ4n) is 1.96. The maximum absolute atomic E-state index is 10.9. The van der Waals surface area contributed by atoms with Gasteiger partial charge in [-0.25, -0.2) is 8.42 Å². The van der Waals surface area contributed by atoms with Crippen LogP contribution >= 0.6 is 0 Å². The van der Waals surface area contributed by atoms with Gasteiger partial charge in [-0.15, -0.1) is 0 Å². The molecule has 0 aliphatic rings. The lowest BCUT2D eigenvalue weighted by atomic mass is 9.99. The van der Waals surface area contributed by atoms with E-state index in [0.29, 0.717) is 19.1 Å². The molecule has 1 atom stereocenters. The van der Waals surface area contributed by atoms with E-state index in [4.69, 9.17) is 4.74 Å². The molecular formula is C15H33N3O3S. The lowest BCUT2D eigenvalue weighted by Gasteiger charge is -2.18. The summed E-state index contributed by atoms with van der Waals surface area (Å²) in [6, 6.07) is 0. The minimum Gasteiger partial charge on any atom is -0.379 e. The molecule has 22 heavy (non-hydrogen) atoms. The normalized spacial score (nSPS) is 13.9. The number of hydrogen-bond donors (Lipinski definition) is 2. The van der Waals surface area contributed by atoms with Crippen molar-refractivity contribution in [2.75, 3.05) is 45.4 Å². The van der Waals surface area contributed by atoms with Crippen LogP contribution in [0.5, 0.6) is 0 Å². The van der Waals surface area contributed by atoms with Crippen LogP contribution in [0.1, 0.15) is 39.5 Å². The SMILES string of the molecule is CCCCC(CC)CNC(=NC)NCCOCCS(C)(=O)=O. The fourth-order valence-corrected chi connectivity index (χ4v) is 2.38. The minimum atomic E-state index is -2.94. The van der Waals surface area contributed by atoms with Gasteiger partial charge in [-0.1, -0.05) is 33.1 Å². The van der Waals surface area contributed by atoms with Crippen LogP contribution in [-0.2, 0) is 14.6 Å². The smallest absolute Gasteiger partial charge is 0.191 e. The van der Waals surface area contributed by atoms with Crippen molar-refractivity contribution in [3.8, 4) is 0 Å². The van der Waals surface area contributed by atoms with Crippen molar-refractivity contribution in [2.45, 2.75) is 39.5 Å². The molecule has 0 amide bonds. The Bertz CT molecular complexity index is 397. The zero-order chi connectivity index (χ0) is 16.8. The lowest BCUT2D eigenvalue weighted by molar-refractivity contribution is 0.154. The number of nitrogens with one attached hydrogen (secondary N) is 2. The van der Waals surface area contributed by atoms with Crippen molar-refractivity contribution in [1.82, 2.24) is 10.6 Å². The second-order valence-electron chi connectivity index (χ2n) is 5.54. The van der Waals surface area contributed by atoms with Crippen LogP contribution in [0, 0.1) is 5.92 Å². The first-order valence-electron chi connectivity index (χ1n) is 8.12. The highest BCUT2D eigenvalue weighted by atomic mass is 32.2. The summed E-state index contributed by atoms with van der Waals surface area (Å²) in [6.07, 6.45) is 6.11. The first-order valence-corrected chi connectivity index (χ1v) is 10.2. The summed E-state index contributed by atoms with van der Waals surface area (Å²) >= 11 is 0. The number of guanidine groups is 1. The van der Waals surface area contributed by atoms with Gasteiger partial charge in [0.1, 0.15) is 9.84 Å². The maximum Gasteiger partial charge on any atom is 0.191 e. The van der Waals surface area contributed by atoms with Crippen molar-refractivity contribution < 1.29 is 13.2 Å². The van der Waals surface area contributed by atoms with E-state index in [9.17, 15) is 8.42 Å². The largest absolute Gasteiger partial charge is 0.379 e. The first-order chi connectivity index (χ1) is 10.4. The van der Waals surface area contributed by atoms with E-state index in [1.807, 2.05) is 0 Å². The molecule has 132 valence electrons. The highest BCUT2D eigenvalue weighted by Gasteiger charge is 2.07. The Morgan fingerprint density at radius 3 is 2.50 bits per heavy atom. The van der Waals surface area contributed by atoms with Crippen LogP contribution in [0.2, 0.25) is 0 Å². The van der Waals surface area contributed by atoms with Gasteiger partial charge in [0.2, 0.25) is 0 Å². The summed E-state index contributed by atoms with van der Waals surface area (Å²) in [7, 11) is -1.20. The van der Waals surface area contributed by atoms with E-state index >= 15 is 0 Å². The predicted molar refractivity (Wildman–Crippen MR) is 93.2 cm³/mol. The minimum absolute atomic E-state index is 0.0651. The molecule has 0 heterocycles. The summed E-state index contributed by atoms with van der Waals surface area (Å²) in [4.78, 5) is 4.17. The topological polar surface area (TPSA) is 79.8 Å². The second kappa shape index (κ2) is 12.7. The number of hydrogen-bond acceptors (Lipinski definition) is 4. The predicted octanol–water partition coefficient (Wildman–Crippen LogP) is 1.43. The van der Waals surface area contributed by atoms with Crippen molar-refractivity contribution >= 4 is 15.8 Å². The van der Waals surface area contributed by atoms with Crippen LogP contribution < -0.4 is 10.6 Å². The third-order valence-corrected chi connectivity index (χ3v) is 4.37. The van der Waals surface area contributed by atoms with Crippen molar-refractivity contribution in [2.24, 2.45) is 10.9 Å². The van der Waals surface area contributed by atoms with Crippen LogP contribution in [0.3, 0.4) is 0 Å². The molecule has 0 aromatic heterocycles. The standard InChI is InChI=1S/C15H33N3O3S/c1-5-7-8-14(6-2)13-18-15(16-3)17-9-10-21-11-12-22(4,19)20/h14H,5-13H2,1-4H3,(H2,16,17,18). The van der Waals surface area contributed by atoms with E-state index in [1.165, 1.54) is 31.9 Å². The van der Waals surface area contributed by atoms with Gasteiger partial charge in [0.05, 0.1) is 19.0 Å². The highest BCUT2D eigenvalue weighted by Crippen LogP contribution is 2.10. The monoisotopic (exact) mass is 335 g/mol. The molecule has 2 N–H and O–H groups in total. The Balaban J connectivity index is 3.79. The molecule has 0 radical (unpaired) electrons. The molecule has 0 fully saturated rings. The molecule has 0 rings (SSSR count). The first kappa shape index (κ1) is 21.2. The van der Waals surface area contributed by atoms with Crippen LogP contribution in [0.25, 0.3) is 0 Å². The Morgan fingerprint density at radius 2 is 1.95 bits per heavy atom. The summed E-state index contributed by atoms with van der Waals surface area (Å²) < 4.78 is 27.2. The van der Waals surface area contributed by atoms with Gasteiger partial charge < -0.3 is 15.4 Å². The molecule has 0 saturated carbocycles. The summed E-state index contributed by atoms with van der Waals surface area (Å²) in [5, 5.41) is 6.50. The van der Waals surface area contributed by atoms with E-state index < -0.39 is 9.84 Å². The summed E-state index contributed by atoms with van der Waals surface area (Å²) in [6.45, 7) is 6.66. The third-order valence-electron chi connectivity index (χ3n) is 3.46. The average Bonchev–Trinajstić information content (AvgIpc) is 2.47. The van der Waals surface area contributed by atoms with Crippen LogP contribution in [-0.4, -0.2) is 59.7 Å². The maximum atomic E-state index is 10.9. The Hall–Kier alpha value is -0.820. The molecule has 7 heteroatoms. The molecule has 0 bridgehead atoms. The number of ether oxygens (including phenoxy) is 1. The summed E-state index contributed by atoms with van der Waals surface area (Å²) in [5.74, 6) is 1.50. The van der Waals surface area contributed by atoms with Gasteiger partial charge in [-0.3, -0.25) is 4.99 Å². The molecule has 0 spiro atoms. The number of rotatable bonds is 12. The van der Waals surface area contributed by atoms with Gasteiger partial charge in [0, 0.05) is 26.4 Å². The fraction of sp³-hybridized carbons (Fsp3) is 0.933. The summed E-state index contributed by atoms with van der Waals surface area (Å²) in [5.41, 5.74) is 0. The molecule has 0 aliphatic carbocycles. The molecule has 0 aromatic carbocycles. The Morgan fingerprint density at radius 1 is 1.23 bits per heavy atom.